The molecule has 0 aliphatic heterocycles. The largest absolute Gasteiger partial charge is 0.288 e. The summed E-state index contributed by atoms with van der Waals surface area (Å²) in [5.74, 6) is 0. The molecule has 0 aliphatic rings. The second-order valence-corrected chi connectivity index (χ2v) is 5.19. The van der Waals surface area contributed by atoms with Crippen LogP contribution in [0.4, 0.5) is 11.4 Å². The van der Waals surface area contributed by atoms with Crippen molar-refractivity contribution in [3.8, 4) is 0 Å². The van der Waals surface area contributed by atoms with Gasteiger partial charge in [-0.25, -0.2) is 0 Å². The molecule has 0 fully saturated rings. The Labute approximate surface area is 135 Å². The molecule has 0 aliphatic carbocycles. The van der Waals surface area contributed by atoms with Crippen molar-refractivity contribution in [1.82, 2.24) is 0 Å². The number of nitro groups is 1. The second kappa shape index (κ2) is 6.76. The first-order valence-corrected chi connectivity index (χ1v) is 6.79. The maximum Gasteiger partial charge on any atom is 0.288 e. The van der Waals surface area contributed by atoms with Crippen molar-refractivity contribution in [2.45, 2.75) is 0 Å². The average Bonchev–Trinajstić information content (AvgIpc) is 2.44. The summed E-state index contributed by atoms with van der Waals surface area (Å²) in [7, 11) is 0. The van der Waals surface area contributed by atoms with Gasteiger partial charge >= 0.3 is 0 Å². The molecule has 5 nitrogen and oxygen atoms in total. The van der Waals surface area contributed by atoms with Crippen LogP contribution in [0.3, 0.4) is 0 Å². The van der Waals surface area contributed by atoms with E-state index in [9.17, 15) is 10.1 Å². The Bertz CT molecular complexity index is 720. The molecule has 8 heteroatoms. The van der Waals surface area contributed by atoms with Crippen molar-refractivity contribution in [2.75, 3.05) is 5.43 Å². The molecule has 0 saturated carbocycles. The van der Waals surface area contributed by atoms with E-state index in [4.69, 9.17) is 34.8 Å². The number of halogens is 3. The van der Waals surface area contributed by atoms with Crippen LogP contribution in [0.15, 0.2) is 41.5 Å². The third kappa shape index (κ3) is 4.07. The molecule has 2 aromatic rings. The summed E-state index contributed by atoms with van der Waals surface area (Å²) in [5.41, 5.74) is 3.76. The van der Waals surface area contributed by atoms with Crippen LogP contribution >= 0.6 is 34.8 Å². The molecule has 0 atom stereocenters. The van der Waals surface area contributed by atoms with Crippen LogP contribution in [-0.4, -0.2) is 11.1 Å². The number of hydrogen-bond acceptors (Lipinski definition) is 4. The molecule has 2 rings (SSSR count). The fourth-order valence-corrected chi connectivity index (χ4v) is 1.98. The number of rotatable bonds is 4. The van der Waals surface area contributed by atoms with Gasteiger partial charge in [0.25, 0.3) is 5.69 Å². The topological polar surface area (TPSA) is 67.5 Å². The van der Waals surface area contributed by atoms with Gasteiger partial charge in [-0.1, -0.05) is 40.9 Å². The molecule has 0 amide bonds. The monoisotopic (exact) mass is 343 g/mol. The van der Waals surface area contributed by atoms with E-state index in [0.29, 0.717) is 21.3 Å². The number of anilines is 1. The molecular weight excluding hydrogens is 337 g/mol. The lowest BCUT2D eigenvalue weighted by molar-refractivity contribution is -0.384. The molecule has 108 valence electrons. The molecular formula is C13H8Cl3N3O2. The van der Waals surface area contributed by atoms with Gasteiger partial charge in [0.15, 0.2) is 0 Å². The first-order valence-electron chi connectivity index (χ1n) is 5.65. The molecule has 21 heavy (non-hydrogen) atoms. The minimum Gasteiger partial charge on any atom is -0.278 e. The van der Waals surface area contributed by atoms with Crippen molar-refractivity contribution in [3.63, 3.8) is 0 Å². The Morgan fingerprint density at radius 3 is 2.43 bits per heavy atom. The molecule has 0 radical (unpaired) electrons. The fourth-order valence-electron chi connectivity index (χ4n) is 1.50. The smallest absolute Gasteiger partial charge is 0.278 e. The Morgan fingerprint density at radius 1 is 1.05 bits per heavy atom. The predicted molar refractivity (Wildman–Crippen MR) is 85.8 cm³/mol. The summed E-state index contributed by atoms with van der Waals surface area (Å²) in [6.07, 6.45) is 1.44. The summed E-state index contributed by atoms with van der Waals surface area (Å²) in [5, 5.41) is 15.7. The molecule has 0 spiro atoms. The average molecular weight is 345 g/mol. The van der Waals surface area contributed by atoms with Gasteiger partial charge in [0.05, 0.1) is 26.9 Å². The standard InChI is InChI=1S/C13H8Cl3N3O2/c14-10-4-2-9(6-12(10)16)18-17-7-8-1-3-11(15)13(5-8)19(20)21/h1-7,18H. The number of nitro benzene ring substituents is 1. The normalized spacial score (nSPS) is 10.8. The summed E-state index contributed by atoms with van der Waals surface area (Å²) in [6, 6.07) is 9.36. The minimum absolute atomic E-state index is 0.0783. The van der Waals surface area contributed by atoms with Gasteiger partial charge in [-0.3, -0.25) is 15.5 Å². The lowest BCUT2D eigenvalue weighted by Gasteiger charge is -2.02. The Hall–Kier alpha value is -1.82. The third-order valence-corrected chi connectivity index (χ3v) is 3.55. The molecule has 0 aromatic heterocycles. The van der Waals surface area contributed by atoms with Gasteiger partial charge in [0, 0.05) is 11.6 Å². The highest BCUT2D eigenvalue weighted by molar-refractivity contribution is 6.42. The zero-order valence-electron chi connectivity index (χ0n) is 10.4. The van der Waals surface area contributed by atoms with Crippen LogP contribution < -0.4 is 5.43 Å². The van der Waals surface area contributed by atoms with E-state index >= 15 is 0 Å². The van der Waals surface area contributed by atoms with Gasteiger partial charge in [0.1, 0.15) is 5.02 Å². The number of hydrazone groups is 1. The van der Waals surface area contributed by atoms with Crippen molar-refractivity contribution < 1.29 is 4.92 Å². The zero-order chi connectivity index (χ0) is 15.4. The maximum atomic E-state index is 10.8. The molecule has 0 unspecified atom stereocenters. The van der Waals surface area contributed by atoms with E-state index in [1.54, 1.807) is 24.3 Å². The number of nitrogens with zero attached hydrogens (tertiary/aromatic N) is 2. The molecule has 2 aromatic carbocycles. The van der Waals surface area contributed by atoms with Crippen molar-refractivity contribution in [2.24, 2.45) is 5.10 Å². The molecule has 0 saturated heterocycles. The summed E-state index contributed by atoms with van der Waals surface area (Å²) < 4.78 is 0. The lowest BCUT2D eigenvalue weighted by Crippen LogP contribution is -1.93. The molecule has 0 heterocycles. The zero-order valence-corrected chi connectivity index (χ0v) is 12.7. The van der Waals surface area contributed by atoms with Crippen LogP contribution in [0.5, 0.6) is 0 Å². The Kier molecular flexibility index (Phi) is 5.01. The fraction of sp³-hybridized carbons (Fsp3) is 0. The summed E-state index contributed by atoms with van der Waals surface area (Å²) in [6.45, 7) is 0. The second-order valence-electron chi connectivity index (χ2n) is 3.97. The SMILES string of the molecule is O=[N+]([O-])c1cc(C=NNc2ccc(Cl)c(Cl)c2)ccc1Cl. The van der Waals surface area contributed by atoms with Gasteiger partial charge in [-0.2, -0.15) is 5.10 Å². The number of nitrogens with one attached hydrogen (secondary N) is 1. The van der Waals surface area contributed by atoms with E-state index in [1.165, 1.54) is 18.3 Å². The van der Waals surface area contributed by atoms with Crippen LogP contribution in [0.25, 0.3) is 0 Å². The predicted octanol–water partition coefficient (Wildman–Crippen LogP) is 5.00. The van der Waals surface area contributed by atoms with E-state index in [2.05, 4.69) is 10.5 Å². The lowest BCUT2D eigenvalue weighted by atomic mass is 10.2. The van der Waals surface area contributed by atoms with Crippen LogP contribution in [0, 0.1) is 10.1 Å². The molecule has 1 N–H and O–H groups in total. The summed E-state index contributed by atoms with van der Waals surface area (Å²) >= 11 is 17.4. The first kappa shape index (κ1) is 15.6. The Balaban J connectivity index is 2.12. The van der Waals surface area contributed by atoms with E-state index in [-0.39, 0.29) is 10.7 Å². The van der Waals surface area contributed by atoms with Crippen molar-refractivity contribution in [3.05, 3.63) is 67.1 Å². The number of benzene rings is 2. The number of hydrogen-bond donors (Lipinski definition) is 1. The minimum atomic E-state index is -0.550. The maximum absolute atomic E-state index is 10.8. The van der Waals surface area contributed by atoms with Gasteiger partial charge in [0.2, 0.25) is 0 Å². The van der Waals surface area contributed by atoms with Crippen LogP contribution in [-0.2, 0) is 0 Å². The van der Waals surface area contributed by atoms with Gasteiger partial charge in [-0.15, -0.1) is 0 Å². The summed E-state index contributed by atoms with van der Waals surface area (Å²) in [4.78, 5) is 10.2. The van der Waals surface area contributed by atoms with Crippen LogP contribution in [0.1, 0.15) is 5.56 Å². The quantitative estimate of drug-likeness (QED) is 0.482. The van der Waals surface area contributed by atoms with Gasteiger partial charge in [-0.05, 0) is 24.3 Å². The highest BCUT2D eigenvalue weighted by Crippen LogP contribution is 2.26. The highest BCUT2D eigenvalue weighted by atomic mass is 35.5. The highest BCUT2D eigenvalue weighted by Gasteiger charge is 2.11. The van der Waals surface area contributed by atoms with E-state index < -0.39 is 4.92 Å². The first-order chi connectivity index (χ1) is 9.97. The van der Waals surface area contributed by atoms with E-state index in [1.807, 2.05) is 0 Å². The third-order valence-electron chi connectivity index (χ3n) is 2.49. The van der Waals surface area contributed by atoms with E-state index in [0.717, 1.165) is 0 Å². The van der Waals surface area contributed by atoms with Crippen molar-refractivity contribution in [1.29, 1.82) is 0 Å². The van der Waals surface area contributed by atoms with Crippen LogP contribution in [0.2, 0.25) is 15.1 Å². The van der Waals surface area contributed by atoms with Gasteiger partial charge < -0.3 is 0 Å². The molecule has 0 bridgehead atoms. The Morgan fingerprint density at radius 2 is 1.76 bits per heavy atom. The van der Waals surface area contributed by atoms with Crippen molar-refractivity contribution >= 4 is 52.4 Å².